The highest BCUT2D eigenvalue weighted by molar-refractivity contribution is 7.89. The van der Waals surface area contributed by atoms with Crippen molar-refractivity contribution in [1.82, 2.24) is 10.0 Å². The molecule has 3 aliphatic rings. The summed E-state index contributed by atoms with van der Waals surface area (Å²) in [6, 6.07) is 4.81. The van der Waals surface area contributed by atoms with Crippen molar-refractivity contribution in [3.8, 4) is 5.75 Å². The first-order valence-electron chi connectivity index (χ1n) is 10.5. The summed E-state index contributed by atoms with van der Waals surface area (Å²) in [4.78, 5) is 12.9. The summed E-state index contributed by atoms with van der Waals surface area (Å²) in [6.07, 6.45) is 10.2. The first-order valence-corrected chi connectivity index (χ1v) is 12.0. The molecule has 1 aromatic rings. The molecule has 3 saturated carbocycles. The molecule has 0 aliphatic heterocycles. The molecule has 0 unspecified atom stereocenters. The van der Waals surface area contributed by atoms with E-state index in [-0.39, 0.29) is 28.6 Å². The number of rotatable bonds is 6. The summed E-state index contributed by atoms with van der Waals surface area (Å²) in [5.41, 5.74) is 0.364. The number of nitrogens with one attached hydrogen (secondary N) is 2. The monoisotopic (exact) mass is 406 g/mol. The number of carbonyl (C=O) groups excluding carboxylic acids is 1. The highest BCUT2D eigenvalue weighted by Crippen LogP contribution is 2.40. The minimum Gasteiger partial charge on any atom is -0.495 e. The average molecular weight is 407 g/mol. The molecule has 0 aromatic heterocycles. The third kappa shape index (κ3) is 4.35. The molecule has 1 aromatic carbocycles. The maximum atomic E-state index is 12.8. The van der Waals surface area contributed by atoms with E-state index in [0.29, 0.717) is 5.56 Å². The zero-order chi connectivity index (χ0) is 19.7. The van der Waals surface area contributed by atoms with Gasteiger partial charge in [-0.3, -0.25) is 4.79 Å². The number of fused-ring (bicyclic) bond motifs is 1. The number of hydrogen-bond acceptors (Lipinski definition) is 4. The Morgan fingerprint density at radius 2 is 1.71 bits per heavy atom. The van der Waals surface area contributed by atoms with Gasteiger partial charge in [0.2, 0.25) is 10.0 Å². The summed E-state index contributed by atoms with van der Waals surface area (Å²) >= 11 is 0. The van der Waals surface area contributed by atoms with E-state index in [1.54, 1.807) is 12.1 Å². The molecule has 0 saturated heterocycles. The SMILES string of the molecule is COc1ccc(C(=O)N[C@@H]2CC[C@H]3CCCC[C@@H]3C2)cc1S(=O)(=O)NC1CC1. The van der Waals surface area contributed by atoms with E-state index in [1.165, 1.54) is 45.3 Å². The standard InChI is InChI=1S/C21H30N2O4S/c1-27-19-11-7-16(13-20(19)28(25,26)23-17-9-10-17)21(24)22-18-8-6-14-4-2-3-5-15(14)12-18/h7,11,13-15,17-18,23H,2-6,8-10,12H2,1H3,(H,22,24)/t14-,15-,18-/m1/s1. The summed E-state index contributed by atoms with van der Waals surface area (Å²) in [5.74, 6) is 1.60. The third-order valence-electron chi connectivity index (χ3n) is 6.49. The van der Waals surface area contributed by atoms with E-state index in [0.717, 1.165) is 37.5 Å². The van der Waals surface area contributed by atoms with Crippen LogP contribution in [0.5, 0.6) is 5.75 Å². The van der Waals surface area contributed by atoms with Crippen molar-refractivity contribution in [2.75, 3.05) is 7.11 Å². The number of carbonyl (C=O) groups is 1. The van der Waals surface area contributed by atoms with Gasteiger partial charge in [-0.05, 0) is 62.1 Å². The first kappa shape index (κ1) is 19.7. The molecule has 7 heteroatoms. The van der Waals surface area contributed by atoms with Crippen LogP contribution in [0.2, 0.25) is 0 Å². The van der Waals surface area contributed by atoms with Crippen molar-refractivity contribution >= 4 is 15.9 Å². The van der Waals surface area contributed by atoms with Crippen LogP contribution in [0.15, 0.2) is 23.1 Å². The van der Waals surface area contributed by atoms with Gasteiger partial charge in [0.05, 0.1) is 7.11 Å². The summed E-state index contributed by atoms with van der Waals surface area (Å²) in [6.45, 7) is 0. The predicted octanol–water partition coefficient (Wildman–Crippen LogP) is 3.22. The Kier molecular flexibility index (Phi) is 5.65. The lowest BCUT2D eigenvalue weighted by atomic mass is 9.69. The van der Waals surface area contributed by atoms with Crippen LogP contribution in [0.3, 0.4) is 0 Å². The number of sulfonamides is 1. The van der Waals surface area contributed by atoms with Gasteiger partial charge in [-0.15, -0.1) is 0 Å². The molecule has 0 spiro atoms. The summed E-state index contributed by atoms with van der Waals surface area (Å²) in [5, 5.41) is 3.14. The van der Waals surface area contributed by atoms with Gasteiger partial charge in [-0.1, -0.05) is 25.7 Å². The number of ether oxygens (including phenoxy) is 1. The molecule has 6 nitrogen and oxygen atoms in total. The van der Waals surface area contributed by atoms with Crippen LogP contribution < -0.4 is 14.8 Å². The van der Waals surface area contributed by atoms with E-state index >= 15 is 0 Å². The Hall–Kier alpha value is -1.60. The minimum atomic E-state index is -3.70. The second-order valence-electron chi connectivity index (χ2n) is 8.55. The molecule has 0 bridgehead atoms. The zero-order valence-corrected chi connectivity index (χ0v) is 17.3. The quantitative estimate of drug-likeness (QED) is 0.760. The van der Waals surface area contributed by atoms with E-state index in [4.69, 9.17) is 4.74 Å². The molecule has 3 atom stereocenters. The number of hydrogen-bond donors (Lipinski definition) is 2. The molecule has 28 heavy (non-hydrogen) atoms. The van der Waals surface area contributed by atoms with Crippen molar-refractivity contribution in [2.45, 2.75) is 74.8 Å². The Balaban J connectivity index is 1.47. The molecule has 3 fully saturated rings. The van der Waals surface area contributed by atoms with Crippen LogP contribution in [0.1, 0.15) is 68.1 Å². The lowest BCUT2D eigenvalue weighted by Crippen LogP contribution is -2.41. The van der Waals surface area contributed by atoms with Gasteiger partial charge in [-0.25, -0.2) is 13.1 Å². The van der Waals surface area contributed by atoms with Crippen LogP contribution in [0.25, 0.3) is 0 Å². The molecule has 0 radical (unpaired) electrons. The second kappa shape index (κ2) is 8.03. The number of methoxy groups -OCH3 is 1. The molecule has 0 heterocycles. The van der Waals surface area contributed by atoms with E-state index in [1.807, 2.05) is 0 Å². The summed E-state index contributed by atoms with van der Waals surface area (Å²) < 4.78 is 33.2. The normalized spacial score (nSPS) is 27.7. The Morgan fingerprint density at radius 1 is 1.00 bits per heavy atom. The van der Waals surface area contributed by atoms with Crippen molar-refractivity contribution in [3.05, 3.63) is 23.8 Å². The highest BCUT2D eigenvalue weighted by atomic mass is 32.2. The van der Waals surface area contributed by atoms with Crippen molar-refractivity contribution in [2.24, 2.45) is 11.8 Å². The Morgan fingerprint density at radius 3 is 2.43 bits per heavy atom. The van der Waals surface area contributed by atoms with Crippen LogP contribution in [-0.2, 0) is 10.0 Å². The summed E-state index contributed by atoms with van der Waals surface area (Å²) in [7, 11) is -2.26. The topological polar surface area (TPSA) is 84.5 Å². The largest absolute Gasteiger partial charge is 0.495 e. The fourth-order valence-corrected chi connectivity index (χ4v) is 6.29. The Labute approximate surface area is 167 Å². The lowest BCUT2D eigenvalue weighted by Gasteiger charge is -2.39. The second-order valence-corrected chi connectivity index (χ2v) is 10.2. The minimum absolute atomic E-state index is 0.00198. The van der Waals surface area contributed by atoms with Crippen LogP contribution in [-0.4, -0.2) is 33.5 Å². The first-order chi connectivity index (χ1) is 13.5. The predicted molar refractivity (Wildman–Crippen MR) is 107 cm³/mol. The molecule has 4 rings (SSSR count). The molecular formula is C21H30N2O4S. The lowest BCUT2D eigenvalue weighted by molar-refractivity contribution is 0.0879. The average Bonchev–Trinajstić information content (AvgIpc) is 3.50. The Bertz CT molecular complexity index is 835. The zero-order valence-electron chi connectivity index (χ0n) is 16.4. The molecular weight excluding hydrogens is 376 g/mol. The fraction of sp³-hybridized carbons (Fsp3) is 0.667. The maximum Gasteiger partial charge on any atom is 0.251 e. The van der Waals surface area contributed by atoms with E-state index in [2.05, 4.69) is 10.0 Å². The van der Waals surface area contributed by atoms with Gasteiger partial charge >= 0.3 is 0 Å². The van der Waals surface area contributed by atoms with Gasteiger partial charge in [0.15, 0.2) is 0 Å². The highest BCUT2D eigenvalue weighted by Gasteiger charge is 2.33. The van der Waals surface area contributed by atoms with Crippen molar-refractivity contribution in [1.29, 1.82) is 0 Å². The van der Waals surface area contributed by atoms with Crippen LogP contribution >= 0.6 is 0 Å². The van der Waals surface area contributed by atoms with Gasteiger partial charge in [0.1, 0.15) is 10.6 Å². The van der Waals surface area contributed by atoms with Gasteiger partial charge in [0, 0.05) is 17.6 Å². The molecule has 1 amide bonds. The fourth-order valence-electron chi connectivity index (χ4n) is 4.79. The van der Waals surface area contributed by atoms with Crippen molar-refractivity contribution < 1.29 is 17.9 Å². The van der Waals surface area contributed by atoms with E-state index < -0.39 is 10.0 Å². The number of benzene rings is 1. The van der Waals surface area contributed by atoms with E-state index in [9.17, 15) is 13.2 Å². The van der Waals surface area contributed by atoms with Crippen LogP contribution in [0.4, 0.5) is 0 Å². The third-order valence-corrected chi connectivity index (χ3v) is 8.03. The van der Waals surface area contributed by atoms with Crippen LogP contribution in [0, 0.1) is 11.8 Å². The molecule has 154 valence electrons. The van der Waals surface area contributed by atoms with Gasteiger partial charge in [0.25, 0.3) is 5.91 Å². The van der Waals surface area contributed by atoms with Crippen molar-refractivity contribution in [3.63, 3.8) is 0 Å². The smallest absolute Gasteiger partial charge is 0.251 e. The maximum absolute atomic E-state index is 12.8. The molecule has 3 aliphatic carbocycles. The van der Waals surface area contributed by atoms with Gasteiger partial charge < -0.3 is 10.1 Å². The number of amides is 1. The van der Waals surface area contributed by atoms with Gasteiger partial charge in [-0.2, -0.15) is 0 Å². The molecule has 2 N–H and O–H groups in total.